The van der Waals surface area contributed by atoms with Crippen LogP contribution in [-0.2, 0) is 0 Å². The van der Waals surface area contributed by atoms with Gasteiger partial charge in [0.05, 0.1) is 19.3 Å². The van der Waals surface area contributed by atoms with E-state index in [4.69, 9.17) is 15.9 Å². The molecule has 0 saturated heterocycles. The first kappa shape index (κ1) is 11.6. The SMILES string of the molecule is Nc1ccc(NC(CO)CO)c2cnccc12. The summed E-state index contributed by atoms with van der Waals surface area (Å²) in [5.41, 5.74) is 7.35. The lowest BCUT2D eigenvalue weighted by atomic mass is 10.1. The van der Waals surface area contributed by atoms with Crippen molar-refractivity contribution in [2.75, 3.05) is 24.3 Å². The quantitative estimate of drug-likeness (QED) is 0.580. The van der Waals surface area contributed by atoms with E-state index < -0.39 is 0 Å². The van der Waals surface area contributed by atoms with Crippen molar-refractivity contribution in [1.82, 2.24) is 4.98 Å². The molecule has 90 valence electrons. The average Bonchev–Trinajstić information content (AvgIpc) is 2.38. The largest absolute Gasteiger partial charge is 0.398 e. The van der Waals surface area contributed by atoms with Crippen molar-refractivity contribution >= 4 is 22.1 Å². The van der Waals surface area contributed by atoms with Gasteiger partial charge < -0.3 is 21.3 Å². The van der Waals surface area contributed by atoms with Crippen molar-refractivity contribution in [3.8, 4) is 0 Å². The summed E-state index contributed by atoms with van der Waals surface area (Å²) >= 11 is 0. The van der Waals surface area contributed by atoms with Gasteiger partial charge >= 0.3 is 0 Å². The van der Waals surface area contributed by atoms with Crippen LogP contribution in [0.4, 0.5) is 11.4 Å². The summed E-state index contributed by atoms with van der Waals surface area (Å²) in [6, 6.07) is 5.05. The Bertz CT molecular complexity index is 512. The first-order valence-electron chi connectivity index (χ1n) is 5.36. The van der Waals surface area contributed by atoms with E-state index >= 15 is 0 Å². The minimum absolute atomic E-state index is 0.136. The Balaban J connectivity index is 2.44. The Kier molecular flexibility index (Phi) is 3.41. The van der Waals surface area contributed by atoms with Crippen LogP contribution in [-0.4, -0.2) is 34.5 Å². The van der Waals surface area contributed by atoms with E-state index in [1.807, 2.05) is 12.1 Å². The molecule has 0 spiro atoms. The maximum atomic E-state index is 9.05. The molecule has 1 aromatic carbocycles. The Morgan fingerprint density at radius 1 is 1.18 bits per heavy atom. The molecule has 2 aromatic rings. The fourth-order valence-electron chi connectivity index (χ4n) is 1.71. The zero-order chi connectivity index (χ0) is 12.3. The molecule has 0 unspecified atom stereocenters. The number of nitrogens with zero attached hydrogens (tertiary/aromatic N) is 1. The van der Waals surface area contributed by atoms with Gasteiger partial charge in [-0.25, -0.2) is 0 Å². The Morgan fingerprint density at radius 3 is 2.65 bits per heavy atom. The lowest BCUT2D eigenvalue weighted by molar-refractivity contribution is 0.204. The number of nitrogen functional groups attached to an aromatic ring is 1. The summed E-state index contributed by atoms with van der Waals surface area (Å²) in [6.45, 7) is -0.273. The smallest absolute Gasteiger partial charge is 0.0723 e. The number of nitrogens with one attached hydrogen (secondary N) is 1. The number of aliphatic hydroxyl groups is 2. The molecule has 0 fully saturated rings. The first-order chi connectivity index (χ1) is 8.26. The lowest BCUT2D eigenvalue weighted by Crippen LogP contribution is -2.27. The molecule has 0 aliphatic heterocycles. The van der Waals surface area contributed by atoms with Gasteiger partial charge in [-0.05, 0) is 18.2 Å². The summed E-state index contributed by atoms with van der Waals surface area (Å²) in [6.07, 6.45) is 3.39. The predicted octanol–water partition coefficient (Wildman–Crippen LogP) is 0.582. The minimum atomic E-state index is -0.387. The third kappa shape index (κ3) is 2.30. The molecule has 1 heterocycles. The third-order valence-corrected chi connectivity index (χ3v) is 2.65. The van der Waals surface area contributed by atoms with Gasteiger partial charge in [-0.1, -0.05) is 0 Å². The summed E-state index contributed by atoms with van der Waals surface area (Å²) in [4.78, 5) is 4.05. The summed E-state index contributed by atoms with van der Waals surface area (Å²) < 4.78 is 0. The minimum Gasteiger partial charge on any atom is -0.398 e. The number of benzene rings is 1. The van der Waals surface area contributed by atoms with Gasteiger partial charge in [-0.3, -0.25) is 4.98 Å². The summed E-state index contributed by atoms with van der Waals surface area (Å²) in [5.74, 6) is 0. The number of nitrogens with two attached hydrogens (primary N) is 1. The molecule has 0 aliphatic rings. The Hall–Kier alpha value is -1.85. The molecule has 17 heavy (non-hydrogen) atoms. The van der Waals surface area contributed by atoms with E-state index in [0.29, 0.717) is 5.69 Å². The molecule has 2 rings (SSSR count). The lowest BCUT2D eigenvalue weighted by Gasteiger charge is -2.17. The van der Waals surface area contributed by atoms with Gasteiger partial charge in [-0.2, -0.15) is 0 Å². The van der Waals surface area contributed by atoms with E-state index in [1.54, 1.807) is 18.5 Å². The van der Waals surface area contributed by atoms with Crippen molar-refractivity contribution < 1.29 is 10.2 Å². The highest BCUT2D eigenvalue weighted by Crippen LogP contribution is 2.27. The van der Waals surface area contributed by atoms with Crippen LogP contribution in [0.15, 0.2) is 30.6 Å². The maximum absolute atomic E-state index is 9.05. The summed E-state index contributed by atoms with van der Waals surface area (Å²) in [7, 11) is 0. The van der Waals surface area contributed by atoms with Crippen LogP contribution in [0.5, 0.6) is 0 Å². The number of hydrogen-bond acceptors (Lipinski definition) is 5. The molecule has 1 aromatic heterocycles. The van der Waals surface area contributed by atoms with Gasteiger partial charge in [0.1, 0.15) is 0 Å². The van der Waals surface area contributed by atoms with Crippen LogP contribution < -0.4 is 11.1 Å². The molecular formula is C12H15N3O2. The van der Waals surface area contributed by atoms with Crippen LogP contribution in [0.1, 0.15) is 0 Å². The van der Waals surface area contributed by atoms with E-state index in [2.05, 4.69) is 10.3 Å². The fourth-order valence-corrected chi connectivity index (χ4v) is 1.71. The number of anilines is 2. The molecule has 0 aliphatic carbocycles. The second-order valence-electron chi connectivity index (χ2n) is 3.83. The number of hydrogen-bond donors (Lipinski definition) is 4. The highest BCUT2D eigenvalue weighted by Gasteiger charge is 2.09. The number of pyridine rings is 1. The van der Waals surface area contributed by atoms with Gasteiger partial charge in [0.15, 0.2) is 0 Å². The molecular weight excluding hydrogens is 218 g/mol. The topological polar surface area (TPSA) is 91.4 Å². The van der Waals surface area contributed by atoms with E-state index in [9.17, 15) is 0 Å². The zero-order valence-electron chi connectivity index (χ0n) is 9.30. The van der Waals surface area contributed by atoms with Crippen molar-refractivity contribution in [3.63, 3.8) is 0 Å². The normalized spacial score (nSPS) is 11.0. The predicted molar refractivity (Wildman–Crippen MR) is 67.7 cm³/mol. The molecule has 0 atom stereocenters. The molecule has 0 saturated carbocycles. The van der Waals surface area contributed by atoms with E-state index in [-0.39, 0.29) is 19.3 Å². The third-order valence-electron chi connectivity index (χ3n) is 2.65. The van der Waals surface area contributed by atoms with Crippen molar-refractivity contribution in [3.05, 3.63) is 30.6 Å². The molecule has 0 radical (unpaired) electrons. The molecule has 0 amide bonds. The number of rotatable bonds is 4. The van der Waals surface area contributed by atoms with Crippen molar-refractivity contribution in [2.45, 2.75) is 6.04 Å². The van der Waals surface area contributed by atoms with Crippen molar-refractivity contribution in [2.24, 2.45) is 0 Å². The number of aliphatic hydroxyl groups excluding tert-OH is 2. The molecule has 5 N–H and O–H groups in total. The summed E-state index contributed by atoms with van der Waals surface area (Å²) in [5, 5.41) is 22.9. The molecule has 5 heteroatoms. The maximum Gasteiger partial charge on any atom is 0.0723 e. The number of fused-ring (bicyclic) bond motifs is 1. The van der Waals surface area contributed by atoms with Crippen LogP contribution in [0.3, 0.4) is 0 Å². The van der Waals surface area contributed by atoms with Gasteiger partial charge in [0.2, 0.25) is 0 Å². The fraction of sp³-hybridized carbons (Fsp3) is 0.250. The molecule has 5 nitrogen and oxygen atoms in total. The van der Waals surface area contributed by atoms with Gasteiger partial charge in [0.25, 0.3) is 0 Å². The highest BCUT2D eigenvalue weighted by atomic mass is 16.3. The van der Waals surface area contributed by atoms with Crippen LogP contribution >= 0.6 is 0 Å². The van der Waals surface area contributed by atoms with Gasteiger partial charge in [0, 0.05) is 34.5 Å². The second-order valence-corrected chi connectivity index (χ2v) is 3.83. The van der Waals surface area contributed by atoms with Crippen LogP contribution in [0.25, 0.3) is 10.8 Å². The highest BCUT2D eigenvalue weighted by molar-refractivity contribution is 6.00. The first-order valence-corrected chi connectivity index (χ1v) is 5.36. The number of aromatic nitrogens is 1. The Morgan fingerprint density at radius 2 is 1.94 bits per heavy atom. The second kappa shape index (κ2) is 4.99. The zero-order valence-corrected chi connectivity index (χ0v) is 9.30. The van der Waals surface area contributed by atoms with Gasteiger partial charge in [-0.15, -0.1) is 0 Å². The van der Waals surface area contributed by atoms with Crippen molar-refractivity contribution in [1.29, 1.82) is 0 Å². The van der Waals surface area contributed by atoms with Crippen LogP contribution in [0, 0.1) is 0 Å². The monoisotopic (exact) mass is 233 g/mol. The standard InChI is InChI=1S/C12H15N3O2/c13-11-1-2-12(15-8(6-16)7-17)10-5-14-4-3-9(10)11/h1-5,8,15-17H,6-7,13H2. The Labute approximate surface area is 98.9 Å². The average molecular weight is 233 g/mol. The van der Waals surface area contributed by atoms with E-state index in [0.717, 1.165) is 16.5 Å². The van der Waals surface area contributed by atoms with E-state index in [1.165, 1.54) is 0 Å². The molecule has 0 bridgehead atoms. The van der Waals surface area contributed by atoms with Crippen LogP contribution in [0.2, 0.25) is 0 Å².